The molecule has 132 valence electrons. The molecule has 0 bridgehead atoms. The molecule has 2 aromatic heterocycles. The van der Waals surface area contributed by atoms with Crippen LogP contribution in [-0.4, -0.2) is 16.1 Å². The molecule has 0 saturated heterocycles. The van der Waals surface area contributed by atoms with Crippen LogP contribution in [-0.2, 0) is 5.41 Å². The number of benzene rings is 1. The molecule has 0 spiro atoms. The molecular weight excluding hydrogens is 338 g/mol. The molecule has 1 aromatic carbocycles. The Hall–Kier alpha value is -2.33. The number of halogens is 1. The Kier molecular flexibility index (Phi) is 5.53. The number of hydrogen-bond acceptors (Lipinski definition) is 3. The van der Waals surface area contributed by atoms with Crippen molar-refractivity contribution in [3.05, 3.63) is 52.7 Å². The fourth-order valence-corrected chi connectivity index (χ4v) is 2.58. The van der Waals surface area contributed by atoms with Crippen LogP contribution in [0.5, 0.6) is 0 Å². The highest BCUT2D eigenvalue weighted by Gasteiger charge is 2.23. The summed E-state index contributed by atoms with van der Waals surface area (Å²) in [5, 5.41) is 9.82. The van der Waals surface area contributed by atoms with E-state index in [4.69, 9.17) is 21.1 Å². The molecular formula is C20H22ClNO3. The van der Waals surface area contributed by atoms with E-state index in [1.807, 2.05) is 32.0 Å². The minimum absolute atomic E-state index is 0.105. The van der Waals surface area contributed by atoms with Gasteiger partial charge in [-0.05, 0) is 23.6 Å². The number of aromatic nitrogens is 1. The third-order valence-corrected chi connectivity index (χ3v) is 3.89. The second-order valence-corrected chi connectivity index (χ2v) is 6.88. The fourth-order valence-electron chi connectivity index (χ4n) is 2.45. The van der Waals surface area contributed by atoms with Gasteiger partial charge in [0.05, 0.1) is 5.69 Å². The monoisotopic (exact) mass is 359 g/mol. The summed E-state index contributed by atoms with van der Waals surface area (Å²) in [6.07, 6.45) is 0. The minimum atomic E-state index is -1.10. The van der Waals surface area contributed by atoms with Crippen LogP contribution >= 0.6 is 11.6 Å². The molecule has 3 rings (SSSR count). The van der Waals surface area contributed by atoms with E-state index in [1.54, 1.807) is 12.1 Å². The van der Waals surface area contributed by atoms with Crippen LogP contribution < -0.4 is 0 Å². The van der Waals surface area contributed by atoms with Crippen LogP contribution in [0.3, 0.4) is 0 Å². The third kappa shape index (κ3) is 4.02. The molecule has 25 heavy (non-hydrogen) atoms. The van der Waals surface area contributed by atoms with Crippen molar-refractivity contribution < 1.29 is 14.3 Å². The van der Waals surface area contributed by atoms with Crippen molar-refractivity contribution in [3.8, 4) is 11.3 Å². The van der Waals surface area contributed by atoms with Crippen LogP contribution in [0.1, 0.15) is 50.7 Å². The van der Waals surface area contributed by atoms with Crippen LogP contribution in [0.4, 0.5) is 0 Å². The lowest BCUT2D eigenvalue weighted by molar-refractivity contribution is 0.0665. The molecule has 0 aliphatic rings. The maximum Gasteiger partial charge on any atom is 0.371 e. The van der Waals surface area contributed by atoms with Crippen LogP contribution in [0, 0.1) is 0 Å². The van der Waals surface area contributed by atoms with E-state index >= 15 is 0 Å². The molecule has 0 saturated carbocycles. The predicted octanol–water partition coefficient (Wildman–Crippen LogP) is 6.17. The number of nitrogens with zero attached hydrogens (tertiary/aromatic N) is 1. The molecule has 1 N–H and O–H groups in total. The maximum absolute atomic E-state index is 11.2. The lowest BCUT2D eigenvalue weighted by Gasteiger charge is -2.20. The molecule has 0 aliphatic carbocycles. The van der Waals surface area contributed by atoms with Gasteiger partial charge in [0.25, 0.3) is 0 Å². The summed E-state index contributed by atoms with van der Waals surface area (Å²) >= 11 is 5.94. The van der Waals surface area contributed by atoms with Gasteiger partial charge >= 0.3 is 5.97 Å². The Bertz CT molecular complexity index is 890. The van der Waals surface area contributed by atoms with Crippen LogP contribution in [0.2, 0.25) is 5.02 Å². The zero-order chi connectivity index (χ0) is 18.8. The van der Waals surface area contributed by atoms with Crippen molar-refractivity contribution in [1.29, 1.82) is 0 Å². The standard InChI is InChI=1S/C18H16ClNO3.C2H6/c1-18(2,3)12-8-13(10-4-6-11(19)7-5-10)20-14-9-15(17(21)22)23-16(12)14;1-2/h4-9H,1-3H3,(H,21,22);1-2H3. The second kappa shape index (κ2) is 7.28. The molecule has 0 unspecified atom stereocenters. The summed E-state index contributed by atoms with van der Waals surface area (Å²) in [4.78, 5) is 15.7. The molecule has 2 heterocycles. The van der Waals surface area contributed by atoms with Gasteiger partial charge < -0.3 is 9.52 Å². The van der Waals surface area contributed by atoms with Gasteiger partial charge in [-0.2, -0.15) is 0 Å². The van der Waals surface area contributed by atoms with E-state index in [0.717, 1.165) is 16.8 Å². The van der Waals surface area contributed by atoms with Crippen LogP contribution in [0.15, 0.2) is 40.8 Å². The molecule has 4 nitrogen and oxygen atoms in total. The van der Waals surface area contributed by atoms with Gasteiger partial charge in [0.15, 0.2) is 5.58 Å². The van der Waals surface area contributed by atoms with Crippen molar-refractivity contribution in [2.24, 2.45) is 0 Å². The highest BCUT2D eigenvalue weighted by molar-refractivity contribution is 6.30. The number of pyridine rings is 1. The second-order valence-electron chi connectivity index (χ2n) is 6.44. The first-order chi connectivity index (χ1) is 11.8. The molecule has 0 amide bonds. The largest absolute Gasteiger partial charge is 0.475 e. The Labute approximate surface area is 152 Å². The highest BCUT2D eigenvalue weighted by Crippen LogP contribution is 2.34. The maximum atomic E-state index is 11.2. The van der Waals surface area contributed by atoms with E-state index in [0.29, 0.717) is 16.1 Å². The lowest BCUT2D eigenvalue weighted by atomic mass is 9.86. The number of carboxylic acids is 1. The molecule has 0 radical (unpaired) electrons. The van der Waals surface area contributed by atoms with Gasteiger partial charge in [0.1, 0.15) is 5.52 Å². The Morgan fingerprint density at radius 2 is 1.72 bits per heavy atom. The first kappa shape index (κ1) is 19.0. The fraction of sp³-hybridized carbons (Fsp3) is 0.300. The average Bonchev–Trinajstić information content (AvgIpc) is 3.00. The molecule has 0 atom stereocenters. The summed E-state index contributed by atoms with van der Waals surface area (Å²) in [6, 6.07) is 10.8. The van der Waals surface area contributed by atoms with E-state index < -0.39 is 5.97 Å². The molecule has 0 fully saturated rings. The number of furan rings is 1. The number of fused-ring (bicyclic) bond motifs is 1. The number of carbonyl (C=O) groups is 1. The smallest absolute Gasteiger partial charge is 0.371 e. The summed E-state index contributed by atoms with van der Waals surface area (Å²) < 4.78 is 5.51. The van der Waals surface area contributed by atoms with Crippen molar-refractivity contribution in [2.45, 2.75) is 40.0 Å². The van der Waals surface area contributed by atoms with Crippen molar-refractivity contribution in [3.63, 3.8) is 0 Å². The van der Waals surface area contributed by atoms with Gasteiger partial charge in [-0.25, -0.2) is 9.78 Å². The SMILES string of the molecule is CC.CC(C)(C)c1cc(-c2ccc(Cl)cc2)nc2cc(C(=O)O)oc12. The summed E-state index contributed by atoms with van der Waals surface area (Å²) in [6.45, 7) is 10.2. The average molecular weight is 360 g/mol. The van der Waals surface area contributed by atoms with Crippen molar-refractivity contribution in [1.82, 2.24) is 4.98 Å². The van der Waals surface area contributed by atoms with Gasteiger partial charge in [0, 0.05) is 22.2 Å². The summed E-state index contributed by atoms with van der Waals surface area (Å²) in [7, 11) is 0. The third-order valence-electron chi connectivity index (χ3n) is 3.64. The van der Waals surface area contributed by atoms with Crippen LogP contribution in [0.25, 0.3) is 22.4 Å². The van der Waals surface area contributed by atoms with Gasteiger partial charge in [-0.1, -0.05) is 58.4 Å². The zero-order valence-corrected chi connectivity index (χ0v) is 15.8. The van der Waals surface area contributed by atoms with Gasteiger partial charge in [-0.3, -0.25) is 0 Å². The number of hydrogen-bond donors (Lipinski definition) is 1. The number of carboxylic acid groups (broad SMARTS) is 1. The normalized spacial score (nSPS) is 11.1. The van der Waals surface area contributed by atoms with Crippen molar-refractivity contribution >= 4 is 28.7 Å². The van der Waals surface area contributed by atoms with Crippen molar-refractivity contribution in [2.75, 3.05) is 0 Å². The number of rotatable bonds is 2. The Morgan fingerprint density at radius 3 is 2.24 bits per heavy atom. The Morgan fingerprint density at radius 1 is 1.12 bits per heavy atom. The molecule has 5 heteroatoms. The highest BCUT2D eigenvalue weighted by atomic mass is 35.5. The molecule has 0 aliphatic heterocycles. The first-order valence-electron chi connectivity index (χ1n) is 8.20. The Balaban J connectivity index is 0.00000109. The zero-order valence-electron chi connectivity index (χ0n) is 15.1. The topological polar surface area (TPSA) is 63.3 Å². The quantitative estimate of drug-likeness (QED) is 0.594. The summed E-state index contributed by atoms with van der Waals surface area (Å²) in [5.41, 5.74) is 3.44. The summed E-state index contributed by atoms with van der Waals surface area (Å²) in [5.74, 6) is -1.21. The van der Waals surface area contributed by atoms with E-state index in [9.17, 15) is 4.79 Å². The first-order valence-corrected chi connectivity index (χ1v) is 8.58. The molecule has 3 aromatic rings. The van der Waals surface area contributed by atoms with Gasteiger partial charge in [-0.15, -0.1) is 0 Å². The van der Waals surface area contributed by atoms with Gasteiger partial charge in [0.2, 0.25) is 5.76 Å². The van der Waals surface area contributed by atoms with E-state index in [1.165, 1.54) is 6.07 Å². The lowest BCUT2D eigenvalue weighted by Crippen LogP contribution is -2.12. The predicted molar refractivity (Wildman–Crippen MR) is 101 cm³/mol. The van der Waals surface area contributed by atoms with E-state index in [-0.39, 0.29) is 11.2 Å². The van der Waals surface area contributed by atoms with E-state index in [2.05, 4.69) is 25.8 Å². The number of aromatic carboxylic acids is 1. The minimum Gasteiger partial charge on any atom is -0.475 e.